The first-order valence-corrected chi connectivity index (χ1v) is 12.0. The summed E-state index contributed by atoms with van der Waals surface area (Å²) in [6, 6.07) is 13.9. The van der Waals surface area contributed by atoms with Gasteiger partial charge in [-0.05, 0) is 61.6 Å². The van der Waals surface area contributed by atoms with Crippen molar-refractivity contribution >= 4 is 51.7 Å². The summed E-state index contributed by atoms with van der Waals surface area (Å²) in [5, 5.41) is 10.6. The molecule has 0 atom stereocenters. The zero-order chi connectivity index (χ0) is 22.0. The van der Waals surface area contributed by atoms with E-state index in [0.717, 1.165) is 54.9 Å². The van der Waals surface area contributed by atoms with Crippen LogP contribution in [0.3, 0.4) is 0 Å². The molecule has 0 bridgehead atoms. The van der Waals surface area contributed by atoms with Gasteiger partial charge in [-0.1, -0.05) is 61.3 Å². The van der Waals surface area contributed by atoms with Gasteiger partial charge in [0.1, 0.15) is 5.54 Å². The van der Waals surface area contributed by atoms with E-state index < -0.39 is 5.97 Å². The zero-order valence-electron chi connectivity index (χ0n) is 17.8. The maximum atomic E-state index is 11.3. The van der Waals surface area contributed by atoms with Crippen LogP contribution in [0.15, 0.2) is 52.4 Å². The molecule has 0 radical (unpaired) electrons. The van der Waals surface area contributed by atoms with Crippen LogP contribution in [0.1, 0.15) is 43.7 Å². The van der Waals surface area contributed by atoms with Crippen molar-refractivity contribution in [1.82, 2.24) is 0 Å². The first-order chi connectivity index (χ1) is 14.9. The van der Waals surface area contributed by atoms with Gasteiger partial charge in [-0.2, -0.15) is 0 Å². The van der Waals surface area contributed by atoms with Crippen LogP contribution in [-0.4, -0.2) is 33.4 Å². The summed E-state index contributed by atoms with van der Waals surface area (Å²) < 4.78 is 0. The highest BCUT2D eigenvalue weighted by atomic mass is 35.5. The zero-order valence-corrected chi connectivity index (χ0v) is 19.3. The highest BCUT2D eigenvalue weighted by molar-refractivity contribution is 8.14. The lowest BCUT2D eigenvalue weighted by Crippen LogP contribution is -2.49. The summed E-state index contributed by atoms with van der Waals surface area (Å²) in [6.07, 6.45) is 4.94. The van der Waals surface area contributed by atoms with Crippen LogP contribution in [0.25, 0.3) is 0 Å². The Morgan fingerprint density at radius 1 is 1.23 bits per heavy atom. The molecular weight excluding hydrogens is 430 g/mol. The van der Waals surface area contributed by atoms with E-state index in [2.05, 4.69) is 36.9 Å². The second-order valence-corrected chi connectivity index (χ2v) is 9.38. The molecule has 0 aromatic heterocycles. The van der Waals surface area contributed by atoms with Gasteiger partial charge in [0, 0.05) is 10.7 Å². The molecule has 0 saturated heterocycles. The Kier molecular flexibility index (Phi) is 6.39. The van der Waals surface area contributed by atoms with E-state index in [1.807, 2.05) is 24.3 Å². The smallest absolute Gasteiger partial charge is 0.313 e. The Balaban J connectivity index is 1.86. The molecule has 5 nitrogen and oxygen atoms in total. The Morgan fingerprint density at radius 3 is 2.58 bits per heavy atom. The number of halogens is 1. The van der Waals surface area contributed by atoms with Crippen molar-refractivity contribution in [1.29, 1.82) is 0 Å². The number of aliphatic imine (C=N–C) groups is 2. The number of rotatable bonds is 5. The van der Waals surface area contributed by atoms with Crippen molar-refractivity contribution < 1.29 is 9.90 Å². The molecule has 1 heterocycles. The molecule has 1 saturated carbocycles. The van der Waals surface area contributed by atoms with Gasteiger partial charge in [-0.25, -0.2) is 9.98 Å². The topological polar surface area (TPSA) is 65.3 Å². The first-order valence-electron chi connectivity index (χ1n) is 10.6. The van der Waals surface area contributed by atoms with Crippen LogP contribution in [0.4, 0.5) is 11.4 Å². The van der Waals surface area contributed by atoms with E-state index in [1.165, 1.54) is 17.3 Å². The summed E-state index contributed by atoms with van der Waals surface area (Å²) in [7, 11) is 0. The summed E-state index contributed by atoms with van der Waals surface area (Å²) in [6.45, 7) is 4.21. The highest BCUT2D eigenvalue weighted by Crippen LogP contribution is 2.46. The number of hydrogen-bond acceptors (Lipinski definition) is 4. The van der Waals surface area contributed by atoms with Gasteiger partial charge < -0.3 is 10.0 Å². The van der Waals surface area contributed by atoms with Crippen LogP contribution >= 0.6 is 23.4 Å². The van der Waals surface area contributed by atoms with Crippen LogP contribution in [0.2, 0.25) is 5.02 Å². The minimum atomic E-state index is -0.859. The van der Waals surface area contributed by atoms with Gasteiger partial charge in [0.15, 0.2) is 11.0 Å². The minimum absolute atomic E-state index is 0.0448. The molecule has 1 aliphatic heterocycles. The van der Waals surface area contributed by atoms with Crippen LogP contribution < -0.4 is 4.90 Å². The molecule has 7 heteroatoms. The second-order valence-electron chi connectivity index (χ2n) is 8.00. The quantitative estimate of drug-likeness (QED) is 0.578. The summed E-state index contributed by atoms with van der Waals surface area (Å²) in [4.78, 5) is 23.6. The minimum Gasteiger partial charge on any atom is -0.481 e. The van der Waals surface area contributed by atoms with Gasteiger partial charge in [0.2, 0.25) is 0 Å². The van der Waals surface area contributed by atoms with Crippen molar-refractivity contribution in [3.63, 3.8) is 0 Å². The van der Waals surface area contributed by atoms with Gasteiger partial charge in [0.25, 0.3) is 0 Å². The fourth-order valence-corrected chi connectivity index (χ4v) is 5.44. The molecule has 0 unspecified atom stereocenters. The molecule has 0 amide bonds. The number of carbonyl (C=O) groups is 1. The normalized spacial score (nSPS) is 18.7. The van der Waals surface area contributed by atoms with Gasteiger partial charge in [0.05, 0.1) is 11.4 Å². The fraction of sp³-hybridized carbons (Fsp3) is 0.375. The monoisotopic (exact) mass is 455 g/mol. The molecule has 2 aromatic carbocycles. The maximum Gasteiger partial charge on any atom is 0.313 e. The Morgan fingerprint density at radius 2 is 1.94 bits per heavy atom. The lowest BCUT2D eigenvalue weighted by molar-refractivity contribution is -0.133. The third-order valence-electron chi connectivity index (χ3n) is 6.00. The molecule has 1 N–H and O–H groups in total. The van der Waals surface area contributed by atoms with E-state index in [-0.39, 0.29) is 11.3 Å². The molecule has 1 aliphatic carbocycles. The predicted octanol–water partition coefficient (Wildman–Crippen LogP) is 6.25. The summed E-state index contributed by atoms with van der Waals surface area (Å²) >= 11 is 7.39. The lowest BCUT2D eigenvalue weighted by Gasteiger charge is -2.36. The number of carboxylic acid groups (broad SMARTS) is 1. The number of amidine groups is 2. The van der Waals surface area contributed by atoms with Crippen molar-refractivity contribution in [2.24, 2.45) is 9.98 Å². The van der Waals surface area contributed by atoms with Crippen LogP contribution in [0.5, 0.6) is 0 Å². The van der Waals surface area contributed by atoms with Crippen molar-refractivity contribution in [3.8, 4) is 0 Å². The Bertz CT molecular complexity index is 1040. The number of aliphatic carboxylic acids is 1. The molecule has 31 heavy (non-hydrogen) atoms. The third-order valence-corrected chi connectivity index (χ3v) is 7.17. The van der Waals surface area contributed by atoms with Crippen molar-refractivity contribution in [2.45, 2.75) is 51.5 Å². The Hall–Kier alpha value is -2.31. The van der Waals surface area contributed by atoms with Crippen LogP contribution in [0, 0.1) is 6.92 Å². The number of carboxylic acids is 1. The van der Waals surface area contributed by atoms with E-state index in [4.69, 9.17) is 21.6 Å². The SMILES string of the molecule is CCc1cccc(C)c1N=C1N=C(SCC(=O)O)N(c2ccc(Cl)cc2)C12CCCC2. The standard InChI is InChI=1S/C24H26ClN3O2S/c1-3-17-8-6-7-16(2)21(17)26-22-24(13-4-5-14-24)28(19-11-9-18(25)10-12-19)23(27-22)31-15-20(29)30/h6-12H,3-5,13-15H2,1-2H3,(H,29,30). The van der Waals surface area contributed by atoms with Gasteiger partial charge in [-0.15, -0.1) is 0 Å². The number of hydrogen-bond donors (Lipinski definition) is 1. The predicted molar refractivity (Wildman–Crippen MR) is 130 cm³/mol. The van der Waals surface area contributed by atoms with Crippen molar-refractivity contribution in [2.75, 3.05) is 10.7 Å². The van der Waals surface area contributed by atoms with Crippen molar-refractivity contribution in [3.05, 3.63) is 58.6 Å². The average molecular weight is 456 g/mol. The molecule has 2 aromatic rings. The molecular formula is C24H26ClN3O2S. The number of benzene rings is 2. The largest absolute Gasteiger partial charge is 0.481 e. The summed E-state index contributed by atoms with van der Waals surface area (Å²) in [5.41, 5.74) is 3.91. The molecule has 4 rings (SSSR count). The highest BCUT2D eigenvalue weighted by Gasteiger charge is 2.51. The van der Waals surface area contributed by atoms with Crippen LogP contribution in [-0.2, 0) is 11.2 Å². The fourth-order valence-electron chi connectivity index (χ4n) is 4.51. The number of para-hydroxylation sites is 1. The van der Waals surface area contributed by atoms with Gasteiger partial charge >= 0.3 is 5.97 Å². The van der Waals surface area contributed by atoms with E-state index in [0.29, 0.717) is 10.2 Å². The molecule has 1 fully saturated rings. The maximum absolute atomic E-state index is 11.3. The summed E-state index contributed by atoms with van der Waals surface area (Å²) in [5.74, 6) is -0.115. The number of thioether (sulfide) groups is 1. The van der Waals surface area contributed by atoms with Gasteiger partial charge in [-0.3, -0.25) is 4.79 Å². The number of anilines is 1. The van der Waals surface area contributed by atoms with E-state index >= 15 is 0 Å². The Labute approximate surface area is 192 Å². The number of nitrogens with zero attached hydrogens (tertiary/aromatic N) is 3. The van der Waals surface area contributed by atoms with E-state index in [1.54, 1.807) is 0 Å². The lowest BCUT2D eigenvalue weighted by atomic mass is 9.94. The number of aryl methyl sites for hydroxylation is 2. The molecule has 1 spiro atoms. The average Bonchev–Trinajstić information content (AvgIpc) is 3.35. The molecule has 162 valence electrons. The molecule has 2 aliphatic rings. The third kappa shape index (κ3) is 4.23. The van der Waals surface area contributed by atoms with E-state index in [9.17, 15) is 9.90 Å². The first kappa shape index (κ1) is 21.9. The second kappa shape index (κ2) is 9.05.